The molecule has 7 heteroatoms. The third-order valence-corrected chi connectivity index (χ3v) is 5.47. The highest BCUT2D eigenvalue weighted by Gasteiger charge is 2.51. The fourth-order valence-corrected chi connectivity index (χ4v) is 4.15. The van der Waals surface area contributed by atoms with Crippen molar-refractivity contribution in [3.05, 3.63) is 48.4 Å². The Labute approximate surface area is 157 Å². The van der Waals surface area contributed by atoms with Gasteiger partial charge in [-0.05, 0) is 11.6 Å². The smallest absolute Gasteiger partial charge is 0.264 e. The second kappa shape index (κ2) is 6.49. The quantitative estimate of drug-likeness (QED) is 0.821. The predicted octanol–water partition coefficient (Wildman–Crippen LogP) is 1.62. The van der Waals surface area contributed by atoms with Crippen LogP contribution in [-0.4, -0.2) is 58.3 Å². The Bertz CT molecular complexity index is 813. The van der Waals surface area contributed by atoms with Crippen molar-refractivity contribution in [2.75, 3.05) is 19.7 Å². The van der Waals surface area contributed by atoms with E-state index in [1.165, 1.54) is 0 Å². The van der Waals surface area contributed by atoms with Crippen molar-refractivity contribution in [1.29, 1.82) is 0 Å². The van der Waals surface area contributed by atoms with E-state index in [2.05, 4.69) is 9.97 Å². The van der Waals surface area contributed by atoms with Crippen LogP contribution in [0.15, 0.2) is 42.9 Å². The summed E-state index contributed by atoms with van der Waals surface area (Å²) in [6.45, 7) is 1.79. The molecule has 4 heterocycles. The summed E-state index contributed by atoms with van der Waals surface area (Å²) >= 11 is 0. The monoisotopic (exact) mass is 367 g/mol. The number of nitrogens with zero attached hydrogens (tertiary/aromatic N) is 3. The first-order valence-corrected chi connectivity index (χ1v) is 9.31. The molecule has 0 unspecified atom stereocenters. The van der Waals surface area contributed by atoms with Crippen LogP contribution in [0.2, 0.25) is 0 Å². The molecule has 0 N–H and O–H groups in total. The molecule has 2 fully saturated rings. The van der Waals surface area contributed by atoms with E-state index in [1.54, 1.807) is 18.6 Å². The van der Waals surface area contributed by atoms with Crippen LogP contribution < -0.4 is 9.47 Å². The van der Waals surface area contributed by atoms with E-state index in [0.29, 0.717) is 32.0 Å². The Hall–Kier alpha value is -2.67. The van der Waals surface area contributed by atoms with Gasteiger partial charge in [0.15, 0.2) is 6.10 Å². The summed E-state index contributed by atoms with van der Waals surface area (Å²) in [6.07, 6.45) is 6.66. The average Bonchev–Trinajstić information content (AvgIpc) is 3.11. The Morgan fingerprint density at radius 3 is 2.96 bits per heavy atom. The van der Waals surface area contributed by atoms with Crippen LogP contribution in [0.1, 0.15) is 18.4 Å². The van der Waals surface area contributed by atoms with Gasteiger partial charge in [-0.15, -0.1) is 0 Å². The minimum absolute atomic E-state index is 0.0275. The molecule has 7 nitrogen and oxygen atoms in total. The van der Waals surface area contributed by atoms with Gasteiger partial charge in [-0.25, -0.2) is 4.98 Å². The SMILES string of the molecule is O=C([C@@H]1Cc2ccccc2O1)N1CC2(C[C@H](Oc3cnccn3)CCO2)C1. The van der Waals surface area contributed by atoms with Gasteiger partial charge >= 0.3 is 0 Å². The lowest BCUT2D eigenvalue weighted by molar-refractivity contribution is -0.196. The predicted molar refractivity (Wildman–Crippen MR) is 95.5 cm³/mol. The topological polar surface area (TPSA) is 73.8 Å². The van der Waals surface area contributed by atoms with Crippen molar-refractivity contribution in [3.63, 3.8) is 0 Å². The van der Waals surface area contributed by atoms with Crippen LogP contribution in [0, 0.1) is 0 Å². The normalized spacial score (nSPS) is 25.4. The fraction of sp³-hybridized carbons (Fsp3) is 0.450. The number of fused-ring (bicyclic) bond motifs is 1. The molecule has 1 aromatic heterocycles. The fourth-order valence-electron chi connectivity index (χ4n) is 4.15. The Morgan fingerprint density at radius 1 is 1.26 bits per heavy atom. The van der Waals surface area contributed by atoms with Crippen LogP contribution in [0.3, 0.4) is 0 Å². The van der Waals surface area contributed by atoms with Gasteiger partial charge in [0.25, 0.3) is 5.91 Å². The molecule has 0 radical (unpaired) electrons. The van der Waals surface area contributed by atoms with E-state index in [0.717, 1.165) is 24.2 Å². The summed E-state index contributed by atoms with van der Waals surface area (Å²) < 4.78 is 17.8. The van der Waals surface area contributed by atoms with Crippen LogP contribution in [0.25, 0.3) is 0 Å². The number of hydrogen-bond donors (Lipinski definition) is 0. The number of rotatable bonds is 3. The van der Waals surface area contributed by atoms with Gasteiger partial charge in [-0.2, -0.15) is 0 Å². The Morgan fingerprint density at radius 2 is 2.15 bits per heavy atom. The minimum atomic E-state index is -0.421. The Kier molecular flexibility index (Phi) is 3.97. The van der Waals surface area contributed by atoms with Crippen LogP contribution >= 0.6 is 0 Å². The van der Waals surface area contributed by atoms with Gasteiger partial charge in [0.1, 0.15) is 17.5 Å². The van der Waals surface area contributed by atoms with Crippen LogP contribution in [0.4, 0.5) is 0 Å². The maximum atomic E-state index is 12.8. The summed E-state index contributed by atoms with van der Waals surface area (Å²) in [7, 11) is 0. The van der Waals surface area contributed by atoms with Gasteiger partial charge in [-0.3, -0.25) is 9.78 Å². The molecule has 3 aliphatic heterocycles. The van der Waals surface area contributed by atoms with Crippen molar-refractivity contribution in [2.24, 2.45) is 0 Å². The number of carbonyl (C=O) groups excluding carboxylic acids is 1. The number of hydrogen-bond acceptors (Lipinski definition) is 6. The summed E-state index contributed by atoms with van der Waals surface area (Å²) in [5.41, 5.74) is 0.782. The second-order valence-corrected chi connectivity index (χ2v) is 7.42. The molecule has 140 valence electrons. The molecule has 1 amide bonds. The van der Waals surface area contributed by atoms with E-state index in [-0.39, 0.29) is 17.6 Å². The van der Waals surface area contributed by atoms with Gasteiger partial charge < -0.3 is 19.1 Å². The number of likely N-dealkylation sites (tertiary alicyclic amines) is 1. The molecule has 3 aliphatic rings. The highest BCUT2D eigenvalue weighted by Crippen LogP contribution is 2.37. The zero-order valence-electron chi connectivity index (χ0n) is 14.9. The van der Waals surface area contributed by atoms with E-state index >= 15 is 0 Å². The molecule has 1 aromatic carbocycles. The summed E-state index contributed by atoms with van der Waals surface area (Å²) in [6, 6.07) is 7.83. The summed E-state index contributed by atoms with van der Waals surface area (Å²) in [5.74, 6) is 1.39. The first kappa shape index (κ1) is 16.5. The molecular weight excluding hydrogens is 346 g/mol. The number of para-hydroxylation sites is 1. The third-order valence-electron chi connectivity index (χ3n) is 5.47. The summed E-state index contributed by atoms with van der Waals surface area (Å²) in [5, 5.41) is 0. The molecule has 2 aromatic rings. The molecule has 2 atom stereocenters. The molecule has 27 heavy (non-hydrogen) atoms. The maximum Gasteiger partial charge on any atom is 0.264 e. The first-order valence-electron chi connectivity index (χ1n) is 9.31. The van der Waals surface area contributed by atoms with E-state index in [4.69, 9.17) is 14.2 Å². The minimum Gasteiger partial charge on any atom is -0.480 e. The van der Waals surface area contributed by atoms with E-state index in [9.17, 15) is 4.79 Å². The largest absolute Gasteiger partial charge is 0.480 e. The van der Waals surface area contributed by atoms with Gasteiger partial charge in [-0.1, -0.05) is 18.2 Å². The molecule has 0 saturated carbocycles. The number of aromatic nitrogens is 2. The standard InChI is InChI=1S/C20H21N3O4/c24-19(17-9-14-3-1-2-4-16(14)27-17)23-12-20(13-23)10-15(5-8-25-20)26-18-11-21-6-7-22-18/h1-4,6-7,11,15,17H,5,8-10,12-13H2/t15-,17+/m1/s1. The van der Waals surface area contributed by atoms with Crippen LogP contribution in [-0.2, 0) is 16.0 Å². The highest BCUT2D eigenvalue weighted by atomic mass is 16.5. The first-order chi connectivity index (χ1) is 13.2. The number of benzene rings is 1. The highest BCUT2D eigenvalue weighted by molar-refractivity contribution is 5.83. The lowest BCUT2D eigenvalue weighted by atomic mass is 9.84. The Balaban J connectivity index is 1.18. The number of amides is 1. The van der Waals surface area contributed by atoms with Gasteiger partial charge in [0.2, 0.25) is 5.88 Å². The van der Waals surface area contributed by atoms with Crippen molar-refractivity contribution in [1.82, 2.24) is 14.9 Å². The summed E-state index contributed by atoms with van der Waals surface area (Å²) in [4.78, 5) is 22.8. The average molecular weight is 367 g/mol. The van der Waals surface area contributed by atoms with Gasteiger partial charge in [0, 0.05) is 31.7 Å². The number of ether oxygens (including phenoxy) is 3. The van der Waals surface area contributed by atoms with E-state index in [1.807, 2.05) is 29.2 Å². The van der Waals surface area contributed by atoms with Crippen molar-refractivity contribution in [2.45, 2.75) is 37.1 Å². The molecule has 5 rings (SSSR count). The van der Waals surface area contributed by atoms with Gasteiger partial charge in [0.05, 0.1) is 25.9 Å². The molecule has 0 aliphatic carbocycles. The van der Waals surface area contributed by atoms with Crippen molar-refractivity contribution < 1.29 is 19.0 Å². The molecule has 1 spiro atoms. The molecular formula is C20H21N3O4. The van der Waals surface area contributed by atoms with E-state index < -0.39 is 6.10 Å². The second-order valence-electron chi connectivity index (χ2n) is 7.42. The zero-order chi connectivity index (χ0) is 18.3. The molecule has 0 bridgehead atoms. The van der Waals surface area contributed by atoms with Crippen molar-refractivity contribution >= 4 is 5.91 Å². The maximum absolute atomic E-state index is 12.8. The third kappa shape index (κ3) is 3.12. The molecule has 2 saturated heterocycles. The van der Waals surface area contributed by atoms with Crippen LogP contribution in [0.5, 0.6) is 11.6 Å². The number of carbonyl (C=O) groups is 1. The van der Waals surface area contributed by atoms with Crippen molar-refractivity contribution in [3.8, 4) is 11.6 Å². The lowest BCUT2D eigenvalue weighted by Crippen LogP contribution is -2.69. The lowest BCUT2D eigenvalue weighted by Gasteiger charge is -2.53. The zero-order valence-corrected chi connectivity index (χ0v) is 14.9.